The molecule has 2 amide bonds. The van der Waals surface area contributed by atoms with E-state index in [0.29, 0.717) is 44.0 Å². The number of amides is 2. The second-order valence-corrected chi connectivity index (χ2v) is 14.5. The van der Waals surface area contributed by atoms with E-state index >= 15 is 0 Å². The summed E-state index contributed by atoms with van der Waals surface area (Å²) in [7, 11) is -7.10. The van der Waals surface area contributed by atoms with Crippen LogP contribution in [0.2, 0.25) is 0 Å². The third-order valence-electron chi connectivity index (χ3n) is 7.49. The summed E-state index contributed by atoms with van der Waals surface area (Å²) in [5, 5.41) is 5.49. The maximum Gasteiger partial charge on any atom is 0.243 e. The van der Waals surface area contributed by atoms with E-state index in [1.807, 2.05) is 0 Å². The summed E-state index contributed by atoms with van der Waals surface area (Å²) in [6, 6.07) is 12.3. The van der Waals surface area contributed by atoms with Crippen molar-refractivity contribution in [3.8, 4) is 0 Å². The second kappa shape index (κ2) is 14.4. The van der Waals surface area contributed by atoms with Crippen LogP contribution >= 0.6 is 0 Å². The Morgan fingerprint density at radius 1 is 0.537 bits per heavy atom. The molecule has 0 aromatic heterocycles. The molecule has 0 bridgehead atoms. The van der Waals surface area contributed by atoms with Crippen LogP contribution in [0.4, 0.5) is 11.4 Å². The molecule has 0 radical (unpaired) electrons. The van der Waals surface area contributed by atoms with Crippen LogP contribution in [0.1, 0.15) is 70.6 Å². The highest BCUT2D eigenvalue weighted by molar-refractivity contribution is 7.89. The predicted octanol–water partition coefficient (Wildman–Crippen LogP) is 4.56. The number of hydrogen-bond donors (Lipinski definition) is 2. The van der Waals surface area contributed by atoms with E-state index < -0.39 is 20.0 Å². The van der Waals surface area contributed by atoms with Crippen molar-refractivity contribution < 1.29 is 26.4 Å². The number of anilines is 2. The fourth-order valence-electron chi connectivity index (χ4n) is 5.14. The van der Waals surface area contributed by atoms with Crippen molar-refractivity contribution in [2.75, 3.05) is 36.8 Å². The van der Waals surface area contributed by atoms with Gasteiger partial charge in [0.1, 0.15) is 0 Å². The van der Waals surface area contributed by atoms with Gasteiger partial charge in [0.25, 0.3) is 0 Å². The van der Waals surface area contributed by atoms with Crippen molar-refractivity contribution in [2.24, 2.45) is 0 Å². The quantitative estimate of drug-likeness (QED) is 0.409. The number of carbonyl (C=O) groups excluding carboxylic acids is 2. The maximum atomic E-state index is 12.9. The lowest BCUT2D eigenvalue weighted by Crippen LogP contribution is -2.31. The highest BCUT2D eigenvalue weighted by atomic mass is 32.2. The molecule has 41 heavy (non-hydrogen) atoms. The van der Waals surface area contributed by atoms with Crippen LogP contribution in [0.3, 0.4) is 0 Å². The summed E-state index contributed by atoms with van der Waals surface area (Å²) in [6.45, 7) is 2.11. The summed E-state index contributed by atoms with van der Waals surface area (Å²) < 4.78 is 54.7. The van der Waals surface area contributed by atoms with E-state index in [9.17, 15) is 26.4 Å². The van der Waals surface area contributed by atoms with Gasteiger partial charge >= 0.3 is 0 Å². The predicted molar refractivity (Wildman–Crippen MR) is 158 cm³/mol. The van der Waals surface area contributed by atoms with E-state index in [1.54, 1.807) is 24.3 Å². The number of nitrogens with one attached hydrogen (secondary N) is 2. The third kappa shape index (κ3) is 8.60. The zero-order chi connectivity index (χ0) is 29.3. The molecule has 0 unspecified atom stereocenters. The average Bonchev–Trinajstić information content (AvgIpc) is 3.41. The molecule has 2 heterocycles. The Labute approximate surface area is 243 Å². The minimum absolute atomic E-state index is 0.119. The van der Waals surface area contributed by atoms with Gasteiger partial charge < -0.3 is 10.6 Å². The van der Waals surface area contributed by atoms with Gasteiger partial charge in [-0.15, -0.1) is 0 Å². The lowest BCUT2D eigenvalue weighted by Gasteiger charge is -2.20. The number of hydrogen-bond acceptors (Lipinski definition) is 6. The van der Waals surface area contributed by atoms with E-state index in [4.69, 9.17) is 0 Å². The topological polar surface area (TPSA) is 133 Å². The molecule has 2 aliphatic rings. The molecule has 2 N–H and O–H groups in total. The Morgan fingerprint density at radius 2 is 0.854 bits per heavy atom. The highest BCUT2D eigenvalue weighted by Crippen LogP contribution is 2.23. The lowest BCUT2D eigenvalue weighted by molar-refractivity contribution is -0.117. The van der Waals surface area contributed by atoms with Crippen LogP contribution in [0.25, 0.3) is 0 Å². The van der Waals surface area contributed by atoms with Gasteiger partial charge in [0, 0.05) is 50.4 Å². The standard InChI is InChI=1S/C29H40N4O6S2/c34-28(30-24-12-16-26(17-13-24)40(36,37)32-20-5-1-2-6-21-32)10-9-11-29(35)31-25-14-18-27(19-15-25)41(38,39)33-22-7-3-4-8-23-33/h12-19H,1-11,20-23H2,(H,30,34)(H,31,35). The molecule has 2 aromatic carbocycles. The number of rotatable bonds is 10. The molecule has 2 aliphatic heterocycles. The van der Waals surface area contributed by atoms with Gasteiger partial charge in [-0.25, -0.2) is 16.8 Å². The van der Waals surface area contributed by atoms with Crippen LogP contribution in [0.15, 0.2) is 58.3 Å². The van der Waals surface area contributed by atoms with Crippen LogP contribution in [0.5, 0.6) is 0 Å². The number of carbonyl (C=O) groups is 2. The molecule has 0 aliphatic carbocycles. The van der Waals surface area contributed by atoms with Crippen LogP contribution in [-0.4, -0.2) is 63.4 Å². The Balaban J connectivity index is 1.21. The van der Waals surface area contributed by atoms with Gasteiger partial charge in [0.2, 0.25) is 31.9 Å². The molecule has 224 valence electrons. The molecule has 0 spiro atoms. The number of sulfonamides is 2. The fraction of sp³-hybridized carbons (Fsp3) is 0.517. The Kier molecular flexibility index (Phi) is 10.9. The molecular weight excluding hydrogens is 564 g/mol. The highest BCUT2D eigenvalue weighted by Gasteiger charge is 2.26. The smallest absolute Gasteiger partial charge is 0.243 e. The van der Waals surface area contributed by atoms with Crippen molar-refractivity contribution in [3.63, 3.8) is 0 Å². The fourth-order valence-corrected chi connectivity index (χ4v) is 8.17. The molecule has 4 rings (SSSR count). The second-order valence-electron chi connectivity index (χ2n) is 10.6. The normalized spacial score (nSPS) is 17.8. The molecule has 12 heteroatoms. The van der Waals surface area contributed by atoms with Crippen molar-refractivity contribution in [1.29, 1.82) is 0 Å². The summed E-state index contributed by atoms with van der Waals surface area (Å²) >= 11 is 0. The number of nitrogens with zero attached hydrogens (tertiary/aromatic N) is 2. The van der Waals surface area contributed by atoms with Gasteiger partial charge in [0.05, 0.1) is 9.79 Å². The Hall–Kier alpha value is -2.80. The molecule has 2 aromatic rings. The van der Waals surface area contributed by atoms with Crippen LogP contribution in [-0.2, 0) is 29.6 Å². The van der Waals surface area contributed by atoms with Crippen molar-refractivity contribution in [2.45, 2.75) is 80.4 Å². The zero-order valence-electron chi connectivity index (χ0n) is 23.4. The average molecular weight is 605 g/mol. The molecule has 2 fully saturated rings. The van der Waals surface area contributed by atoms with Gasteiger partial charge in [-0.3, -0.25) is 9.59 Å². The third-order valence-corrected chi connectivity index (χ3v) is 11.3. The summed E-state index contributed by atoms with van der Waals surface area (Å²) in [5.74, 6) is -0.548. The summed E-state index contributed by atoms with van der Waals surface area (Å²) in [4.78, 5) is 25.2. The van der Waals surface area contributed by atoms with Gasteiger partial charge in [-0.05, 0) is 80.6 Å². The molecule has 0 saturated carbocycles. The van der Waals surface area contributed by atoms with E-state index in [2.05, 4.69) is 10.6 Å². The van der Waals surface area contributed by atoms with Gasteiger partial charge in [-0.2, -0.15) is 8.61 Å². The Bertz CT molecular complexity index is 1270. The number of benzene rings is 2. The molecule has 2 saturated heterocycles. The first-order valence-electron chi connectivity index (χ1n) is 14.5. The van der Waals surface area contributed by atoms with Crippen molar-refractivity contribution in [1.82, 2.24) is 8.61 Å². The van der Waals surface area contributed by atoms with E-state index in [-0.39, 0.29) is 34.4 Å². The van der Waals surface area contributed by atoms with E-state index in [0.717, 1.165) is 51.4 Å². The minimum atomic E-state index is -3.55. The van der Waals surface area contributed by atoms with E-state index in [1.165, 1.54) is 32.9 Å². The minimum Gasteiger partial charge on any atom is -0.326 e. The largest absolute Gasteiger partial charge is 0.326 e. The van der Waals surface area contributed by atoms with Gasteiger partial charge in [-0.1, -0.05) is 25.7 Å². The van der Waals surface area contributed by atoms with Crippen LogP contribution < -0.4 is 10.6 Å². The molecule has 0 atom stereocenters. The first-order chi connectivity index (χ1) is 19.7. The zero-order valence-corrected chi connectivity index (χ0v) is 25.0. The van der Waals surface area contributed by atoms with Crippen LogP contribution in [0, 0.1) is 0 Å². The van der Waals surface area contributed by atoms with Crippen molar-refractivity contribution >= 4 is 43.2 Å². The molecule has 10 nitrogen and oxygen atoms in total. The first kappa shape index (κ1) is 31.1. The van der Waals surface area contributed by atoms with Gasteiger partial charge in [0.15, 0.2) is 0 Å². The Morgan fingerprint density at radius 3 is 1.17 bits per heavy atom. The lowest BCUT2D eigenvalue weighted by atomic mass is 10.2. The molecular formula is C29H40N4O6S2. The summed E-state index contributed by atoms with van der Waals surface area (Å²) in [5.41, 5.74) is 0.981. The first-order valence-corrected chi connectivity index (χ1v) is 17.3. The monoisotopic (exact) mass is 604 g/mol. The summed E-state index contributed by atoms with van der Waals surface area (Å²) in [6.07, 6.45) is 8.16. The SMILES string of the molecule is O=C(CCCC(=O)Nc1ccc(S(=O)(=O)N2CCCCCC2)cc1)Nc1ccc(S(=O)(=O)N2CCCCCC2)cc1. The van der Waals surface area contributed by atoms with Crippen molar-refractivity contribution in [3.05, 3.63) is 48.5 Å². The maximum absolute atomic E-state index is 12.9.